The van der Waals surface area contributed by atoms with Gasteiger partial charge >= 0.3 is 0 Å². The third-order valence-corrected chi connectivity index (χ3v) is 6.11. The maximum absolute atomic E-state index is 13.3. The third-order valence-electron chi connectivity index (χ3n) is 6.11. The SMILES string of the molecule is COc1ccccc1-c1nc2n(n1)C(c1ccccc1[N+](=O)[O-])C1=C(CC(C)(C)CC1=O)N2. The summed E-state index contributed by atoms with van der Waals surface area (Å²) >= 11 is 0. The molecule has 0 spiro atoms. The molecule has 2 heterocycles. The first-order chi connectivity index (χ1) is 15.8. The van der Waals surface area contributed by atoms with Crippen molar-refractivity contribution in [1.82, 2.24) is 14.8 Å². The van der Waals surface area contributed by atoms with E-state index in [0.717, 1.165) is 5.70 Å². The molecule has 1 aromatic heterocycles. The molecule has 0 saturated heterocycles. The van der Waals surface area contributed by atoms with E-state index in [0.29, 0.717) is 47.1 Å². The summed E-state index contributed by atoms with van der Waals surface area (Å²) in [7, 11) is 1.57. The van der Waals surface area contributed by atoms with Crippen LogP contribution in [-0.4, -0.2) is 32.6 Å². The fourth-order valence-corrected chi connectivity index (χ4v) is 4.73. The molecular formula is C24H23N5O4. The van der Waals surface area contributed by atoms with Crippen LogP contribution in [0.1, 0.15) is 38.3 Å². The monoisotopic (exact) mass is 445 g/mol. The summed E-state index contributed by atoms with van der Waals surface area (Å²) in [5.74, 6) is 1.41. The Kier molecular flexibility index (Phi) is 4.77. The first-order valence-corrected chi connectivity index (χ1v) is 10.7. The number of fused-ring (bicyclic) bond motifs is 1. The van der Waals surface area contributed by atoms with Gasteiger partial charge in [-0.3, -0.25) is 14.9 Å². The van der Waals surface area contributed by atoms with E-state index in [9.17, 15) is 14.9 Å². The molecule has 1 aliphatic carbocycles. The molecule has 3 aromatic rings. The van der Waals surface area contributed by atoms with Crippen molar-refractivity contribution in [2.45, 2.75) is 32.7 Å². The van der Waals surface area contributed by atoms with Gasteiger partial charge in [-0.2, -0.15) is 4.98 Å². The highest BCUT2D eigenvalue weighted by Crippen LogP contribution is 2.47. The molecule has 33 heavy (non-hydrogen) atoms. The summed E-state index contributed by atoms with van der Waals surface area (Å²) < 4.78 is 7.05. The molecule has 0 saturated carbocycles. The molecule has 0 radical (unpaired) electrons. The predicted molar refractivity (Wildman–Crippen MR) is 122 cm³/mol. The van der Waals surface area contributed by atoms with Crippen molar-refractivity contribution in [2.24, 2.45) is 5.41 Å². The van der Waals surface area contributed by atoms with Crippen LogP contribution in [0.3, 0.4) is 0 Å². The van der Waals surface area contributed by atoms with Crippen LogP contribution in [0.25, 0.3) is 11.4 Å². The second-order valence-electron chi connectivity index (χ2n) is 9.08. The van der Waals surface area contributed by atoms with Gasteiger partial charge in [-0.05, 0) is 30.0 Å². The predicted octanol–water partition coefficient (Wildman–Crippen LogP) is 4.52. The van der Waals surface area contributed by atoms with E-state index < -0.39 is 11.0 Å². The summed E-state index contributed by atoms with van der Waals surface area (Å²) in [6, 6.07) is 13.1. The number of benzene rings is 2. The summed E-state index contributed by atoms with van der Waals surface area (Å²) in [6.07, 6.45) is 0.982. The van der Waals surface area contributed by atoms with Gasteiger partial charge in [0.05, 0.1) is 23.2 Å². The number of rotatable bonds is 4. The van der Waals surface area contributed by atoms with Gasteiger partial charge in [0.25, 0.3) is 5.69 Å². The first-order valence-electron chi connectivity index (χ1n) is 10.7. The van der Waals surface area contributed by atoms with Crippen molar-refractivity contribution in [3.63, 3.8) is 0 Å². The Labute approximate surface area is 190 Å². The molecule has 1 N–H and O–H groups in total. The van der Waals surface area contributed by atoms with Crippen LogP contribution in [0.2, 0.25) is 0 Å². The minimum atomic E-state index is -0.752. The number of nitrogens with one attached hydrogen (secondary N) is 1. The summed E-state index contributed by atoms with van der Waals surface area (Å²) in [4.78, 5) is 29.5. The minimum Gasteiger partial charge on any atom is -0.496 e. The van der Waals surface area contributed by atoms with E-state index in [-0.39, 0.29) is 16.9 Å². The second-order valence-corrected chi connectivity index (χ2v) is 9.08. The quantitative estimate of drug-likeness (QED) is 0.464. The van der Waals surface area contributed by atoms with E-state index in [4.69, 9.17) is 9.84 Å². The Morgan fingerprint density at radius 3 is 2.64 bits per heavy atom. The molecule has 2 aromatic carbocycles. The van der Waals surface area contributed by atoms with Gasteiger partial charge in [0.2, 0.25) is 5.95 Å². The number of methoxy groups -OCH3 is 1. The van der Waals surface area contributed by atoms with Crippen LogP contribution in [0.15, 0.2) is 59.8 Å². The molecule has 1 atom stereocenters. The van der Waals surface area contributed by atoms with Gasteiger partial charge in [0.15, 0.2) is 11.6 Å². The number of hydrogen-bond acceptors (Lipinski definition) is 7. The fourth-order valence-electron chi connectivity index (χ4n) is 4.73. The molecular weight excluding hydrogens is 422 g/mol. The number of nitrogens with zero attached hydrogens (tertiary/aromatic N) is 4. The molecule has 5 rings (SSSR count). The smallest absolute Gasteiger partial charge is 0.275 e. The normalized spacial score (nSPS) is 18.9. The standard InChI is InChI=1S/C24H23N5O4/c1-24(2)12-16-20(18(30)13-24)21(14-8-4-6-10-17(14)29(31)32)28-23(25-16)26-22(27-28)15-9-5-7-11-19(15)33-3/h4-11,21H,12-13H2,1-3H3,(H,25,26,27). The summed E-state index contributed by atoms with van der Waals surface area (Å²) in [6.45, 7) is 4.08. The van der Waals surface area contributed by atoms with Crippen molar-refractivity contribution >= 4 is 17.4 Å². The second kappa shape index (κ2) is 7.54. The number of Topliss-reactive ketones (excluding diaryl/α,β-unsaturated/α-hetero) is 1. The van der Waals surface area contributed by atoms with Gasteiger partial charge < -0.3 is 10.1 Å². The zero-order valence-corrected chi connectivity index (χ0v) is 18.5. The number of nitro groups is 1. The molecule has 0 fully saturated rings. The van der Waals surface area contributed by atoms with Crippen LogP contribution in [-0.2, 0) is 4.79 Å². The Bertz CT molecular complexity index is 1320. The van der Waals surface area contributed by atoms with Crippen molar-refractivity contribution in [2.75, 3.05) is 12.4 Å². The highest BCUT2D eigenvalue weighted by atomic mass is 16.6. The molecule has 0 amide bonds. The molecule has 168 valence electrons. The number of carbonyl (C=O) groups is 1. The highest BCUT2D eigenvalue weighted by molar-refractivity contribution is 6.00. The number of hydrogen-bond donors (Lipinski definition) is 1. The lowest BCUT2D eigenvalue weighted by atomic mass is 9.73. The Morgan fingerprint density at radius 1 is 1.15 bits per heavy atom. The van der Waals surface area contributed by atoms with Crippen LogP contribution < -0.4 is 10.1 Å². The van der Waals surface area contributed by atoms with Crippen molar-refractivity contribution < 1.29 is 14.5 Å². The number of ketones is 1. The highest BCUT2D eigenvalue weighted by Gasteiger charge is 2.43. The van der Waals surface area contributed by atoms with Crippen molar-refractivity contribution in [3.8, 4) is 17.1 Å². The third kappa shape index (κ3) is 3.45. The van der Waals surface area contributed by atoms with Gasteiger partial charge in [-0.25, -0.2) is 4.68 Å². The largest absolute Gasteiger partial charge is 0.496 e. The lowest BCUT2D eigenvalue weighted by Crippen LogP contribution is -2.36. The number of allylic oxidation sites excluding steroid dienone is 2. The molecule has 9 nitrogen and oxygen atoms in total. The van der Waals surface area contributed by atoms with E-state index in [1.807, 2.05) is 38.1 Å². The lowest BCUT2D eigenvalue weighted by Gasteiger charge is -2.38. The summed E-state index contributed by atoms with van der Waals surface area (Å²) in [5.41, 5.74) is 2.05. The lowest BCUT2D eigenvalue weighted by molar-refractivity contribution is -0.385. The number of nitro benzene ring substituents is 1. The van der Waals surface area contributed by atoms with Gasteiger partial charge in [-0.15, -0.1) is 5.10 Å². The van der Waals surface area contributed by atoms with Crippen LogP contribution >= 0.6 is 0 Å². The maximum atomic E-state index is 13.3. The number of aromatic nitrogens is 3. The number of para-hydroxylation sites is 2. The van der Waals surface area contributed by atoms with Crippen LogP contribution in [0, 0.1) is 15.5 Å². The number of ether oxygens (including phenoxy) is 1. The van der Waals surface area contributed by atoms with Crippen LogP contribution in [0.5, 0.6) is 5.75 Å². The fraction of sp³-hybridized carbons (Fsp3) is 0.292. The molecule has 1 aliphatic heterocycles. The first kappa shape index (κ1) is 20.9. The average molecular weight is 445 g/mol. The Hall–Kier alpha value is -4.01. The maximum Gasteiger partial charge on any atom is 0.275 e. The van der Waals surface area contributed by atoms with Gasteiger partial charge in [-0.1, -0.05) is 38.1 Å². The molecule has 1 unspecified atom stereocenters. The van der Waals surface area contributed by atoms with E-state index in [2.05, 4.69) is 10.3 Å². The molecule has 9 heteroatoms. The summed E-state index contributed by atoms with van der Waals surface area (Å²) in [5, 5.41) is 19.9. The Balaban J connectivity index is 1.74. The minimum absolute atomic E-state index is 0.0445. The average Bonchev–Trinajstić information content (AvgIpc) is 3.20. The Morgan fingerprint density at radius 2 is 1.88 bits per heavy atom. The van der Waals surface area contributed by atoms with E-state index in [1.165, 1.54) is 6.07 Å². The van der Waals surface area contributed by atoms with E-state index in [1.54, 1.807) is 30.0 Å². The number of carbonyl (C=O) groups excluding carboxylic acids is 1. The van der Waals surface area contributed by atoms with Crippen LogP contribution in [0.4, 0.5) is 11.6 Å². The molecule has 0 bridgehead atoms. The van der Waals surface area contributed by atoms with E-state index >= 15 is 0 Å². The topological polar surface area (TPSA) is 112 Å². The zero-order chi connectivity index (χ0) is 23.3. The van der Waals surface area contributed by atoms with Crippen molar-refractivity contribution in [3.05, 3.63) is 75.5 Å². The van der Waals surface area contributed by atoms with Gasteiger partial charge in [0.1, 0.15) is 11.8 Å². The van der Waals surface area contributed by atoms with Crippen molar-refractivity contribution in [1.29, 1.82) is 0 Å². The molecule has 2 aliphatic rings. The zero-order valence-electron chi connectivity index (χ0n) is 18.5. The number of anilines is 1. The van der Waals surface area contributed by atoms with Gasteiger partial charge in [0, 0.05) is 23.8 Å².